The first-order chi connectivity index (χ1) is 11.8. The Morgan fingerprint density at radius 2 is 2.00 bits per heavy atom. The van der Waals surface area contributed by atoms with Crippen LogP contribution in [-0.4, -0.2) is 23.8 Å². The van der Waals surface area contributed by atoms with Gasteiger partial charge in [0.05, 0.1) is 0 Å². The zero-order valence-electron chi connectivity index (χ0n) is 15.0. The number of allylic oxidation sites excluding steroid dienone is 4. The molecular weight excluding hydrogens is 292 g/mol. The Bertz CT molecular complexity index is 701. The molecule has 1 aromatic carbocycles. The second-order valence-electron chi connectivity index (χ2n) is 6.63. The number of hydrogen-bond donors (Lipinski definition) is 0. The fourth-order valence-corrected chi connectivity index (χ4v) is 3.59. The van der Waals surface area contributed by atoms with Gasteiger partial charge in [-0.3, -0.25) is 0 Å². The molecule has 0 spiro atoms. The van der Waals surface area contributed by atoms with Gasteiger partial charge in [0, 0.05) is 24.4 Å². The Morgan fingerprint density at radius 1 is 1.21 bits per heavy atom. The molecule has 0 saturated heterocycles. The molecule has 0 amide bonds. The third-order valence-electron chi connectivity index (χ3n) is 4.75. The van der Waals surface area contributed by atoms with Gasteiger partial charge in [-0.1, -0.05) is 56.9 Å². The van der Waals surface area contributed by atoms with Crippen molar-refractivity contribution in [3.63, 3.8) is 0 Å². The maximum absolute atomic E-state index is 5.18. The van der Waals surface area contributed by atoms with E-state index in [-0.39, 0.29) is 0 Å². The standard InChI is InChI=1S/C22H28N2/c1-4-13-24(14-5-2)22-20-12-11-17(6-3)15-19(20)16-18-9-7-8-10-21(18)23-22/h6-7,9,11-12,15H,3-5,8,10,13-14,16H2,1-2H3. The topological polar surface area (TPSA) is 15.6 Å². The predicted octanol–water partition coefficient (Wildman–Crippen LogP) is 5.36. The molecule has 2 aliphatic rings. The summed E-state index contributed by atoms with van der Waals surface area (Å²) in [5.41, 5.74) is 6.52. The van der Waals surface area contributed by atoms with E-state index < -0.39 is 0 Å². The van der Waals surface area contributed by atoms with Crippen LogP contribution < -0.4 is 0 Å². The molecule has 126 valence electrons. The van der Waals surface area contributed by atoms with Crippen molar-refractivity contribution in [3.05, 3.63) is 64.9 Å². The van der Waals surface area contributed by atoms with E-state index in [4.69, 9.17) is 4.99 Å². The van der Waals surface area contributed by atoms with Crippen LogP contribution in [0.15, 0.2) is 53.2 Å². The van der Waals surface area contributed by atoms with Crippen LogP contribution in [0.25, 0.3) is 6.08 Å². The van der Waals surface area contributed by atoms with Crippen LogP contribution in [-0.2, 0) is 6.42 Å². The van der Waals surface area contributed by atoms with Crippen molar-refractivity contribution in [2.45, 2.75) is 46.0 Å². The maximum Gasteiger partial charge on any atom is 0.136 e. The highest BCUT2D eigenvalue weighted by Crippen LogP contribution is 2.30. The van der Waals surface area contributed by atoms with E-state index in [9.17, 15) is 0 Å². The van der Waals surface area contributed by atoms with E-state index in [2.05, 4.69) is 55.7 Å². The van der Waals surface area contributed by atoms with E-state index in [1.54, 1.807) is 0 Å². The molecule has 2 nitrogen and oxygen atoms in total. The van der Waals surface area contributed by atoms with Crippen LogP contribution in [0.5, 0.6) is 0 Å². The second kappa shape index (κ2) is 7.65. The molecule has 2 heteroatoms. The molecule has 0 unspecified atom stereocenters. The first-order valence-electron chi connectivity index (χ1n) is 9.24. The molecule has 1 aliphatic carbocycles. The number of aliphatic imine (C=N–C) groups is 1. The van der Waals surface area contributed by atoms with Gasteiger partial charge in [-0.2, -0.15) is 0 Å². The number of benzene rings is 1. The summed E-state index contributed by atoms with van der Waals surface area (Å²) in [6.45, 7) is 10.5. The van der Waals surface area contributed by atoms with Crippen molar-refractivity contribution in [2.24, 2.45) is 4.99 Å². The van der Waals surface area contributed by atoms with Crippen LogP contribution >= 0.6 is 0 Å². The van der Waals surface area contributed by atoms with E-state index in [0.29, 0.717) is 0 Å². The normalized spacial score (nSPS) is 16.2. The summed E-state index contributed by atoms with van der Waals surface area (Å²) >= 11 is 0. The zero-order valence-corrected chi connectivity index (χ0v) is 15.0. The highest BCUT2D eigenvalue weighted by molar-refractivity contribution is 6.01. The summed E-state index contributed by atoms with van der Waals surface area (Å²) in [6.07, 6.45) is 11.9. The number of nitrogens with zero attached hydrogens (tertiary/aromatic N) is 2. The van der Waals surface area contributed by atoms with Gasteiger partial charge in [0.1, 0.15) is 5.84 Å². The van der Waals surface area contributed by atoms with Crippen LogP contribution in [0, 0.1) is 0 Å². The summed E-state index contributed by atoms with van der Waals surface area (Å²) < 4.78 is 0. The van der Waals surface area contributed by atoms with Crippen molar-refractivity contribution in [1.29, 1.82) is 0 Å². The molecule has 1 aromatic rings. The largest absolute Gasteiger partial charge is 0.356 e. The van der Waals surface area contributed by atoms with Crippen molar-refractivity contribution < 1.29 is 0 Å². The van der Waals surface area contributed by atoms with Gasteiger partial charge in [-0.25, -0.2) is 4.99 Å². The monoisotopic (exact) mass is 320 g/mol. The lowest BCUT2D eigenvalue weighted by molar-refractivity contribution is 0.417. The minimum absolute atomic E-state index is 0.974. The molecule has 0 bridgehead atoms. The lowest BCUT2D eigenvalue weighted by atomic mass is 9.94. The minimum atomic E-state index is 0.974. The van der Waals surface area contributed by atoms with Crippen LogP contribution in [0.3, 0.4) is 0 Å². The van der Waals surface area contributed by atoms with E-state index in [0.717, 1.165) is 45.2 Å². The molecule has 0 radical (unpaired) electrons. The average Bonchev–Trinajstić information content (AvgIpc) is 2.77. The highest BCUT2D eigenvalue weighted by atomic mass is 15.2. The molecule has 0 saturated carbocycles. The third-order valence-corrected chi connectivity index (χ3v) is 4.75. The molecule has 0 fully saturated rings. The van der Waals surface area contributed by atoms with Gasteiger partial charge in [0.15, 0.2) is 0 Å². The Kier molecular flexibility index (Phi) is 5.34. The van der Waals surface area contributed by atoms with E-state index in [1.165, 1.54) is 33.8 Å². The van der Waals surface area contributed by atoms with Crippen LogP contribution in [0.2, 0.25) is 0 Å². The quantitative estimate of drug-likeness (QED) is 0.713. The summed E-state index contributed by atoms with van der Waals surface area (Å²) in [6, 6.07) is 6.69. The Labute approximate surface area is 146 Å². The van der Waals surface area contributed by atoms with E-state index >= 15 is 0 Å². The average molecular weight is 320 g/mol. The summed E-state index contributed by atoms with van der Waals surface area (Å²) in [7, 11) is 0. The molecule has 0 atom stereocenters. The van der Waals surface area contributed by atoms with Gasteiger partial charge in [0.2, 0.25) is 0 Å². The highest BCUT2D eigenvalue weighted by Gasteiger charge is 2.22. The third kappa shape index (κ3) is 3.38. The predicted molar refractivity (Wildman–Crippen MR) is 104 cm³/mol. The fourth-order valence-electron chi connectivity index (χ4n) is 3.59. The van der Waals surface area contributed by atoms with Gasteiger partial charge < -0.3 is 4.90 Å². The van der Waals surface area contributed by atoms with Crippen molar-refractivity contribution in [2.75, 3.05) is 13.1 Å². The second-order valence-corrected chi connectivity index (χ2v) is 6.63. The van der Waals surface area contributed by atoms with Crippen molar-refractivity contribution in [1.82, 2.24) is 4.90 Å². The number of fused-ring (bicyclic) bond motifs is 1. The molecular formula is C22H28N2. The SMILES string of the molecule is C=Cc1ccc2c(c1)CC1=C(CCC=C1)N=C2N(CCC)CCC. The fraction of sp³-hybridized carbons (Fsp3) is 0.409. The lowest BCUT2D eigenvalue weighted by Gasteiger charge is -2.26. The van der Waals surface area contributed by atoms with Gasteiger partial charge >= 0.3 is 0 Å². The van der Waals surface area contributed by atoms with Gasteiger partial charge in [-0.05, 0) is 48.8 Å². The summed E-state index contributed by atoms with van der Waals surface area (Å²) in [5, 5.41) is 0. The number of amidine groups is 1. The number of rotatable bonds is 5. The smallest absolute Gasteiger partial charge is 0.136 e. The Balaban J connectivity index is 2.13. The Hall–Kier alpha value is -2.09. The molecule has 0 N–H and O–H groups in total. The first-order valence-corrected chi connectivity index (χ1v) is 9.24. The van der Waals surface area contributed by atoms with Gasteiger partial charge in [-0.15, -0.1) is 0 Å². The maximum atomic E-state index is 5.18. The lowest BCUT2D eigenvalue weighted by Crippen LogP contribution is -2.33. The minimum Gasteiger partial charge on any atom is -0.356 e. The molecule has 3 rings (SSSR count). The van der Waals surface area contributed by atoms with Crippen molar-refractivity contribution in [3.8, 4) is 0 Å². The number of hydrogen-bond acceptors (Lipinski definition) is 2. The summed E-state index contributed by atoms with van der Waals surface area (Å²) in [4.78, 5) is 7.65. The molecule has 0 aromatic heterocycles. The summed E-state index contributed by atoms with van der Waals surface area (Å²) in [5.74, 6) is 1.17. The van der Waals surface area contributed by atoms with Crippen LogP contribution in [0.1, 0.15) is 56.2 Å². The van der Waals surface area contributed by atoms with E-state index in [1.807, 2.05) is 6.08 Å². The molecule has 24 heavy (non-hydrogen) atoms. The van der Waals surface area contributed by atoms with Crippen LogP contribution in [0.4, 0.5) is 0 Å². The Morgan fingerprint density at radius 3 is 2.71 bits per heavy atom. The van der Waals surface area contributed by atoms with Crippen molar-refractivity contribution >= 4 is 11.9 Å². The first kappa shape index (κ1) is 16.8. The molecule has 1 heterocycles. The van der Waals surface area contributed by atoms with Gasteiger partial charge in [0.25, 0.3) is 0 Å². The zero-order chi connectivity index (χ0) is 16.9. The molecule has 1 aliphatic heterocycles.